The molecule has 1 saturated heterocycles. The summed E-state index contributed by atoms with van der Waals surface area (Å²) in [6.45, 7) is 15.3. The monoisotopic (exact) mass is 325 g/mol. The molecule has 2 fully saturated rings. The molecule has 134 valence electrons. The summed E-state index contributed by atoms with van der Waals surface area (Å²) in [5.41, 5.74) is 0.358. The Labute approximate surface area is 141 Å². The Morgan fingerprint density at radius 1 is 1.26 bits per heavy atom. The molecule has 0 spiro atoms. The van der Waals surface area contributed by atoms with Crippen molar-refractivity contribution in [1.29, 1.82) is 0 Å². The predicted octanol–water partition coefficient (Wildman–Crippen LogP) is 2.56. The molecule has 0 aromatic rings. The van der Waals surface area contributed by atoms with Gasteiger partial charge in [0.25, 0.3) is 0 Å². The molecule has 1 heterocycles. The topological polar surface area (TPSA) is 54.9 Å². The third-order valence-corrected chi connectivity index (χ3v) is 5.17. The van der Waals surface area contributed by atoms with Gasteiger partial charge in [-0.2, -0.15) is 0 Å². The fourth-order valence-electron chi connectivity index (χ4n) is 3.08. The van der Waals surface area contributed by atoms with Crippen LogP contribution in [-0.2, 0) is 9.47 Å². The number of aliphatic imine (C=N–C) groups is 1. The number of rotatable bonds is 8. The zero-order valence-electron chi connectivity index (χ0n) is 15.6. The zero-order chi connectivity index (χ0) is 16.9. The first-order valence-corrected chi connectivity index (χ1v) is 9.15. The summed E-state index contributed by atoms with van der Waals surface area (Å²) in [6, 6.07) is 0.414. The van der Waals surface area contributed by atoms with Gasteiger partial charge in [0, 0.05) is 30.0 Å². The average Bonchev–Trinajstić information content (AvgIpc) is 2.49. The van der Waals surface area contributed by atoms with Gasteiger partial charge in [0.05, 0.1) is 25.9 Å². The summed E-state index contributed by atoms with van der Waals surface area (Å²) in [7, 11) is 0. The number of guanidine groups is 1. The molecule has 2 aliphatic rings. The number of hydrogen-bond donors (Lipinski definition) is 2. The smallest absolute Gasteiger partial charge is 0.191 e. The van der Waals surface area contributed by atoms with Gasteiger partial charge >= 0.3 is 0 Å². The average molecular weight is 325 g/mol. The van der Waals surface area contributed by atoms with Crippen molar-refractivity contribution in [2.75, 3.05) is 32.9 Å². The van der Waals surface area contributed by atoms with Gasteiger partial charge in [0.15, 0.2) is 5.96 Å². The van der Waals surface area contributed by atoms with Crippen molar-refractivity contribution in [2.45, 2.75) is 66.0 Å². The van der Waals surface area contributed by atoms with Crippen molar-refractivity contribution in [2.24, 2.45) is 15.8 Å². The van der Waals surface area contributed by atoms with Crippen LogP contribution in [0.25, 0.3) is 0 Å². The summed E-state index contributed by atoms with van der Waals surface area (Å²) in [4.78, 5) is 4.77. The van der Waals surface area contributed by atoms with Gasteiger partial charge in [-0.05, 0) is 19.8 Å². The standard InChI is InChI=1S/C18H35N3O2/c1-6-8-9-23-15-10-14(17(15,3)4)21-16(19-7-2)20-11-18(5)12-22-13-18/h14-15H,6-13H2,1-5H3,(H2,19,20,21). The summed E-state index contributed by atoms with van der Waals surface area (Å²) in [5, 5.41) is 6.97. The lowest BCUT2D eigenvalue weighted by Gasteiger charge is -2.52. The largest absolute Gasteiger partial charge is 0.380 e. The van der Waals surface area contributed by atoms with Gasteiger partial charge in [-0.1, -0.05) is 34.1 Å². The van der Waals surface area contributed by atoms with Gasteiger partial charge in [0.1, 0.15) is 0 Å². The molecule has 0 amide bonds. The van der Waals surface area contributed by atoms with Crippen molar-refractivity contribution in [3.63, 3.8) is 0 Å². The van der Waals surface area contributed by atoms with E-state index in [1.807, 2.05) is 0 Å². The summed E-state index contributed by atoms with van der Waals surface area (Å²) >= 11 is 0. The third kappa shape index (κ3) is 4.60. The highest BCUT2D eigenvalue weighted by Crippen LogP contribution is 2.42. The predicted molar refractivity (Wildman–Crippen MR) is 94.9 cm³/mol. The Kier molecular flexibility index (Phi) is 6.32. The van der Waals surface area contributed by atoms with Crippen molar-refractivity contribution in [3.05, 3.63) is 0 Å². The first kappa shape index (κ1) is 18.5. The molecule has 2 N–H and O–H groups in total. The van der Waals surface area contributed by atoms with Crippen molar-refractivity contribution < 1.29 is 9.47 Å². The SMILES string of the molecule is CCCCOC1CC(NC(=NCC2(C)COC2)NCC)C1(C)C. The molecule has 1 aliphatic heterocycles. The number of nitrogens with one attached hydrogen (secondary N) is 2. The minimum atomic E-state index is 0.146. The first-order chi connectivity index (χ1) is 10.9. The fourth-order valence-corrected chi connectivity index (χ4v) is 3.08. The van der Waals surface area contributed by atoms with E-state index in [0.29, 0.717) is 12.1 Å². The molecular formula is C18H35N3O2. The minimum Gasteiger partial charge on any atom is -0.380 e. The fraction of sp³-hybridized carbons (Fsp3) is 0.944. The Bertz CT molecular complexity index is 405. The van der Waals surface area contributed by atoms with Gasteiger partial charge < -0.3 is 20.1 Å². The van der Waals surface area contributed by atoms with Gasteiger partial charge in [-0.25, -0.2) is 0 Å². The van der Waals surface area contributed by atoms with Crippen LogP contribution in [0.4, 0.5) is 0 Å². The van der Waals surface area contributed by atoms with Crippen LogP contribution in [0.3, 0.4) is 0 Å². The second-order valence-corrected chi connectivity index (χ2v) is 7.97. The number of nitrogens with zero attached hydrogens (tertiary/aromatic N) is 1. The third-order valence-electron chi connectivity index (χ3n) is 5.17. The Morgan fingerprint density at radius 2 is 2.00 bits per heavy atom. The van der Waals surface area contributed by atoms with Gasteiger partial charge in [0.2, 0.25) is 0 Å². The molecule has 23 heavy (non-hydrogen) atoms. The molecule has 0 aromatic carbocycles. The molecule has 2 rings (SSSR count). The van der Waals surface area contributed by atoms with Crippen LogP contribution in [0.15, 0.2) is 4.99 Å². The maximum absolute atomic E-state index is 6.03. The van der Waals surface area contributed by atoms with Crippen LogP contribution in [0.2, 0.25) is 0 Å². The summed E-state index contributed by atoms with van der Waals surface area (Å²) < 4.78 is 11.3. The van der Waals surface area contributed by atoms with E-state index in [1.165, 1.54) is 6.42 Å². The van der Waals surface area contributed by atoms with Gasteiger partial charge in [-0.3, -0.25) is 4.99 Å². The van der Waals surface area contributed by atoms with E-state index >= 15 is 0 Å². The van der Waals surface area contributed by atoms with Crippen molar-refractivity contribution in [1.82, 2.24) is 10.6 Å². The van der Waals surface area contributed by atoms with E-state index in [1.54, 1.807) is 0 Å². The molecule has 5 nitrogen and oxygen atoms in total. The van der Waals surface area contributed by atoms with Gasteiger partial charge in [-0.15, -0.1) is 0 Å². The lowest BCUT2D eigenvalue weighted by molar-refractivity contribution is -0.113. The lowest BCUT2D eigenvalue weighted by Crippen LogP contribution is -2.63. The lowest BCUT2D eigenvalue weighted by atomic mass is 9.64. The molecule has 0 bridgehead atoms. The highest BCUT2D eigenvalue weighted by atomic mass is 16.5. The zero-order valence-corrected chi connectivity index (χ0v) is 15.6. The summed E-state index contributed by atoms with van der Waals surface area (Å²) in [5.74, 6) is 0.922. The van der Waals surface area contributed by atoms with Crippen LogP contribution < -0.4 is 10.6 Å². The van der Waals surface area contributed by atoms with Crippen LogP contribution in [0.1, 0.15) is 53.9 Å². The van der Waals surface area contributed by atoms with E-state index in [9.17, 15) is 0 Å². The van der Waals surface area contributed by atoms with E-state index in [4.69, 9.17) is 14.5 Å². The van der Waals surface area contributed by atoms with E-state index in [-0.39, 0.29) is 10.8 Å². The molecule has 2 atom stereocenters. The first-order valence-electron chi connectivity index (χ1n) is 9.15. The highest BCUT2D eigenvalue weighted by Gasteiger charge is 2.49. The molecule has 1 saturated carbocycles. The molecule has 2 unspecified atom stereocenters. The Hall–Kier alpha value is -0.810. The van der Waals surface area contributed by atoms with Crippen LogP contribution in [0, 0.1) is 10.8 Å². The second-order valence-electron chi connectivity index (χ2n) is 7.97. The van der Waals surface area contributed by atoms with Crippen LogP contribution in [0.5, 0.6) is 0 Å². The molecule has 0 aromatic heterocycles. The van der Waals surface area contributed by atoms with Crippen molar-refractivity contribution >= 4 is 5.96 Å². The Morgan fingerprint density at radius 3 is 2.52 bits per heavy atom. The molecule has 5 heteroatoms. The highest BCUT2D eigenvalue weighted by molar-refractivity contribution is 5.80. The number of hydrogen-bond acceptors (Lipinski definition) is 3. The molecule has 0 radical (unpaired) electrons. The van der Waals surface area contributed by atoms with Crippen molar-refractivity contribution in [3.8, 4) is 0 Å². The van der Waals surface area contributed by atoms with Crippen LogP contribution in [-0.4, -0.2) is 51.0 Å². The van der Waals surface area contributed by atoms with E-state index in [0.717, 1.165) is 51.7 Å². The van der Waals surface area contributed by atoms with E-state index < -0.39 is 0 Å². The maximum Gasteiger partial charge on any atom is 0.191 e. The van der Waals surface area contributed by atoms with Crippen LogP contribution >= 0.6 is 0 Å². The maximum atomic E-state index is 6.03. The van der Waals surface area contributed by atoms with E-state index in [2.05, 4.69) is 45.3 Å². The normalized spacial score (nSPS) is 28.7. The number of unbranched alkanes of at least 4 members (excludes halogenated alkanes) is 1. The number of ether oxygens (including phenoxy) is 2. The minimum absolute atomic E-state index is 0.146. The Balaban J connectivity index is 1.84. The quantitative estimate of drug-likeness (QED) is 0.409. The molecule has 1 aliphatic carbocycles. The summed E-state index contributed by atoms with van der Waals surface area (Å²) in [6.07, 6.45) is 3.75. The second kappa shape index (κ2) is 7.84. The molecular weight excluding hydrogens is 290 g/mol.